The van der Waals surface area contributed by atoms with Gasteiger partial charge in [0, 0.05) is 36.1 Å². The minimum Gasteiger partial charge on any atom is -0.359 e. The van der Waals surface area contributed by atoms with Crippen LogP contribution in [0, 0.1) is 5.92 Å². The van der Waals surface area contributed by atoms with E-state index in [1.165, 1.54) is 0 Å². The molecule has 1 fully saturated rings. The van der Waals surface area contributed by atoms with E-state index in [-0.39, 0.29) is 17.7 Å². The SMILES string of the molecule is CNC(=O)C1CCN(C(=O)c2cccc(Br)c2)CC1. The average molecular weight is 325 g/mol. The first kappa shape index (κ1) is 14.1. The highest BCUT2D eigenvalue weighted by atomic mass is 79.9. The molecule has 0 spiro atoms. The highest BCUT2D eigenvalue weighted by Gasteiger charge is 2.27. The average Bonchev–Trinajstić information content (AvgIpc) is 2.46. The molecule has 1 aromatic carbocycles. The number of benzene rings is 1. The van der Waals surface area contributed by atoms with Crippen molar-refractivity contribution in [3.05, 3.63) is 34.3 Å². The van der Waals surface area contributed by atoms with Gasteiger partial charge < -0.3 is 10.2 Å². The van der Waals surface area contributed by atoms with Crippen molar-refractivity contribution in [3.63, 3.8) is 0 Å². The van der Waals surface area contributed by atoms with Gasteiger partial charge in [-0.3, -0.25) is 9.59 Å². The van der Waals surface area contributed by atoms with Crippen molar-refractivity contribution in [1.29, 1.82) is 0 Å². The van der Waals surface area contributed by atoms with Crippen LogP contribution in [0.1, 0.15) is 23.2 Å². The largest absolute Gasteiger partial charge is 0.359 e. The Morgan fingerprint density at radius 1 is 1.32 bits per heavy atom. The lowest BCUT2D eigenvalue weighted by molar-refractivity contribution is -0.125. The van der Waals surface area contributed by atoms with Crippen molar-refractivity contribution in [2.45, 2.75) is 12.8 Å². The smallest absolute Gasteiger partial charge is 0.253 e. The van der Waals surface area contributed by atoms with Gasteiger partial charge >= 0.3 is 0 Å². The van der Waals surface area contributed by atoms with Crippen molar-refractivity contribution in [2.75, 3.05) is 20.1 Å². The van der Waals surface area contributed by atoms with E-state index in [1.807, 2.05) is 29.2 Å². The molecule has 1 saturated heterocycles. The number of amides is 2. The van der Waals surface area contributed by atoms with Crippen LogP contribution in [-0.2, 0) is 4.79 Å². The van der Waals surface area contributed by atoms with Crippen molar-refractivity contribution in [1.82, 2.24) is 10.2 Å². The van der Waals surface area contributed by atoms with Crippen LogP contribution < -0.4 is 5.32 Å². The molecule has 5 heteroatoms. The molecule has 0 bridgehead atoms. The van der Waals surface area contributed by atoms with E-state index in [1.54, 1.807) is 7.05 Å². The van der Waals surface area contributed by atoms with Gasteiger partial charge in [0.25, 0.3) is 5.91 Å². The third-order valence-corrected chi connectivity index (χ3v) is 3.96. The molecule has 0 aromatic heterocycles. The lowest BCUT2D eigenvalue weighted by atomic mass is 9.95. The second-order valence-electron chi connectivity index (χ2n) is 4.69. The third kappa shape index (κ3) is 3.35. The van der Waals surface area contributed by atoms with Crippen LogP contribution >= 0.6 is 15.9 Å². The minimum absolute atomic E-state index is 0.0385. The fourth-order valence-corrected chi connectivity index (χ4v) is 2.75. The van der Waals surface area contributed by atoms with Crippen molar-refractivity contribution in [2.24, 2.45) is 5.92 Å². The molecule has 4 nitrogen and oxygen atoms in total. The predicted molar refractivity (Wildman–Crippen MR) is 76.8 cm³/mol. The molecule has 1 aliphatic rings. The molecule has 1 aromatic rings. The van der Waals surface area contributed by atoms with Gasteiger partial charge in [-0.05, 0) is 31.0 Å². The topological polar surface area (TPSA) is 49.4 Å². The number of carbonyl (C=O) groups excluding carboxylic acids is 2. The Balaban J connectivity index is 1.98. The normalized spacial score (nSPS) is 16.2. The summed E-state index contributed by atoms with van der Waals surface area (Å²) in [7, 11) is 1.65. The van der Waals surface area contributed by atoms with Crippen LogP contribution in [0.2, 0.25) is 0 Å². The summed E-state index contributed by atoms with van der Waals surface area (Å²) >= 11 is 3.37. The quantitative estimate of drug-likeness (QED) is 0.905. The number of rotatable bonds is 2. The summed E-state index contributed by atoms with van der Waals surface area (Å²) in [5.41, 5.74) is 0.688. The maximum absolute atomic E-state index is 12.3. The third-order valence-electron chi connectivity index (χ3n) is 3.47. The predicted octanol–water partition coefficient (Wildman–Crippen LogP) is 2.05. The molecule has 2 amide bonds. The van der Waals surface area contributed by atoms with E-state index >= 15 is 0 Å². The molecule has 2 rings (SSSR count). The lowest BCUT2D eigenvalue weighted by Crippen LogP contribution is -2.42. The summed E-state index contributed by atoms with van der Waals surface area (Å²) in [5.74, 6) is 0.155. The zero-order valence-electron chi connectivity index (χ0n) is 10.9. The van der Waals surface area contributed by atoms with Crippen molar-refractivity contribution < 1.29 is 9.59 Å². The molecule has 1 N–H and O–H groups in total. The Kier molecular flexibility index (Phi) is 4.58. The summed E-state index contributed by atoms with van der Waals surface area (Å²) in [4.78, 5) is 25.7. The molecular weight excluding hydrogens is 308 g/mol. The van der Waals surface area contributed by atoms with Crippen LogP contribution in [0.3, 0.4) is 0 Å². The Morgan fingerprint density at radius 3 is 2.58 bits per heavy atom. The monoisotopic (exact) mass is 324 g/mol. The Morgan fingerprint density at radius 2 is 2.00 bits per heavy atom. The van der Waals surface area contributed by atoms with Crippen LogP contribution in [0.4, 0.5) is 0 Å². The first-order valence-corrected chi connectivity index (χ1v) is 7.17. The highest BCUT2D eigenvalue weighted by molar-refractivity contribution is 9.10. The maximum atomic E-state index is 12.3. The van der Waals surface area contributed by atoms with Gasteiger partial charge in [-0.25, -0.2) is 0 Å². The fraction of sp³-hybridized carbons (Fsp3) is 0.429. The van der Waals surface area contributed by atoms with E-state index in [0.29, 0.717) is 18.7 Å². The molecule has 0 atom stereocenters. The number of likely N-dealkylation sites (tertiary alicyclic amines) is 1. The first-order chi connectivity index (χ1) is 9.11. The molecule has 1 heterocycles. The molecule has 19 heavy (non-hydrogen) atoms. The number of piperidine rings is 1. The highest BCUT2D eigenvalue weighted by Crippen LogP contribution is 2.20. The molecule has 1 aliphatic heterocycles. The Hall–Kier alpha value is -1.36. The van der Waals surface area contributed by atoms with E-state index in [4.69, 9.17) is 0 Å². The number of nitrogens with zero attached hydrogens (tertiary/aromatic N) is 1. The summed E-state index contributed by atoms with van der Waals surface area (Å²) in [6.45, 7) is 1.28. The minimum atomic E-state index is 0.0385. The number of carbonyl (C=O) groups is 2. The second kappa shape index (κ2) is 6.19. The zero-order chi connectivity index (χ0) is 13.8. The van der Waals surface area contributed by atoms with Crippen LogP contribution in [-0.4, -0.2) is 36.9 Å². The summed E-state index contributed by atoms with van der Waals surface area (Å²) in [6.07, 6.45) is 1.47. The van der Waals surface area contributed by atoms with Crippen molar-refractivity contribution >= 4 is 27.7 Å². The fourth-order valence-electron chi connectivity index (χ4n) is 2.35. The first-order valence-electron chi connectivity index (χ1n) is 6.38. The van der Waals surface area contributed by atoms with E-state index < -0.39 is 0 Å². The molecule has 0 saturated carbocycles. The molecule has 0 radical (unpaired) electrons. The van der Waals surface area contributed by atoms with Crippen LogP contribution in [0.25, 0.3) is 0 Å². The molecular formula is C14H17BrN2O2. The van der Waals surface area contributed by atoms with Crippen LogP contribution in [0.5, 0.6) is 0 Å². The van der Waals surface area contributed by atoms with Gasteiger partial charge in [0.15, 0.2) is 0 Å². The number of hydrogen-bond acceptors (Lipinski definition) is 2. The van der Waals surface area contributed by atoms with E-state index in [9.17, 15) is 9.59 Å². The van der Waals surface area contributed by atoms with Gasteiger partial charge in [-0.1, -0.05) is 22.0 Å². The van der Waals surface area contributed by atoms with Crippen LogP contribution in [0.15, 0.2) is 28.7 Å². The molecule has 0 aliphatic carbocycles. The molecule has 102 valence electrons. The Bertz CT molecular complexity index is 482. The van der Waals surface area contributed by atoms with Gasteiger partial charge in [0.2, 0.25) is 5.91 Å². The number of hydrogen-bond donors (Lipinski definition) is 1. The standard InChI is InChI=1S/C14H17BrN2O2/c1-16-13(18)10-5-7-17(8-6-10)14(19)11-3-2-4-12(15)9-11/h2-4,9-10H,5-8H2,1H3,(H,16,18). The van der Waals surface area contributed by atoms with Crippen molar-refractivity contribution in [3.8, 4) is 0 Å². The van der Waals surface area contributed by atoms with Gasteiger partial charge in [0.05, 0.1) is 0 Å². The van der Waals surface area contributed by atoms with Gasteiger partial charge in [0.1, 0.15) is 0 Å². The number of nitrogens with one attached hydrogen (secondary N) is 1. The molecule has 0 unspecified atom stereocenters. The maximum Gasteiger partial charge on any atom is 0.253 e. The van der Waals surface area contributed by atoms with E-state index in [0.717, 1.165) is 17.3 Å². The second-order valence-corrected chi connectivity index (χ2v) is 5.61. The van der Waals surface area contributed by atoms with E-state index in [2.05, 4.69) is 21.2 Å². The summed E-state index contributed by atoms with van der Waals surface area (Å²) in [6, 6.07) is 7.40. The van der Waals surface area contributed by atoms with Gasteiger partial charge in [-0.15, -0.1) is 0 Å². The Labute approximate surface area is 121 Å². The number of halogens is 1. The lowest BCUT2D eigenvalue weighted by Gasteiger charge is -2.31. The summed E-state index contributed by atoms with van der Waals surface area (Å²) < 4.78 is 0.901. The van der Waals surface area contributed by atoms with Gasteiger partial charge in [-0.2, -0.15) is 0 Å². The summed E-state index contributed by atoms with van der Waals surface area (Å²) in [5, 5.41) is 2.67. The zero-order valence-corrected chi connectivity index (χ0v) is 12.4.